The predicted octanol–water partition coefficient (Wildman–Crippen LogP) is 3.81. The van der Waals surface area contributed by atoms with Gasteiger partial charge < -0.3 is 5.32 Å². The number of aryl methyl sites for hydroxylation is 1. The first-order chi connectivity index (χ1) is 12.8. The molecule has 1 atom stereocenters. The van der Waals surface area contributed by atoms with Crippen molar-refractivity contribution < 1.29 is 13.2 Å². The highest BCUT2D eigenvalue weighted by atomic mass is 19.4. The summed E-state index contributed by atoms with van der Waals surface area (Å²) in [6.07, 6.45) is 0.585. The summed E-state index contributed by atoms with van der Waals surface area (Å²) < 4.78 is 40.2. The molecule has 3 heterocycles. The summed E-state index contributed by atoms with van der Waals surface area (Å²) >= 11 is 0. The van der Waals surface area contributed by atoms with Gasteiger partial charge in [-0.15, -0.1) is 0 Å². The maximum absolute atomic E-state index is 13.1. The lowest BCUT2D eigenvalue weighted by molar-refractivity contribution is -0.144. The van der Waals surface area contributed by atoms with E-state index in [1.807, 2.05) is 19.1 Å². The molecule has 27 heavy (non-hydrogen) atoms. The fourth-order valence-corrected chi connectivity index (χ4v) is 2.66. The lowest BCUT2D eigenvalue weighted by atomic mass is 10.2. The van der Waals surface area contributed by atoms with Gasteiger partial charge >= 0.3 is 6.18 Å². The molecule has 0 fully saturated rings. The second kappa shape index (κ2) is 7.73. The third kappa shape index (κ3) is 4.81. The maximum atomic E-state index is 13.1. The Morgan fingerprint density at radius 2 is 2.04 bits per heavy atom. The standard InChI is InChI=1S/C18H19F3N6/c1-12(11-27-16(18(19,20)21)8-13(2)26-27)9-24-17-23-7-5-15(25-17)14-4-3-6-22-10-14/h3-8,10,12H,9,11H2,1-2H3,(H,23,24,25). The molecule has 0 amide bonds. The topological polar surface area (TPSA) is 68.5 Å². The van der Waals surface area contributed by atoms with Crippen LogP contribution in [0, 0.1) is 12.8 Å². The Balaban J connectivity index is 1.64. The van der Waals surface area contributed by atoms with Gasteiger partial charge in [0.1, 0.15) is 5.69 Å². The zero-order chi connectivity index (χ0) is 19.4. The van der Waals surface area contributed by atoms with E-state index in [2.05, 4.69) is 25.4 Å². The highest BCUT2D eigenvalue weighted by Gasteiger charge is 2.35. The van der Waals surface area contributed by atoms with E-state index >= 15 is 0 Å². The molecule has 6 nitrogen and oxygen atoms in total. The van der Waals surface area contributed by atoms with Gasteiger partial charge in [0.25, 0.3) is 0 Å². The van der Waals surface area contributed by atoms with E-state index < -0.39 is 11.9 Å². The van der Waals surface area contributed by atoms with E-state index in [9.17, 15) is 13.2 Å². The number of nitrogens with zero attached hydrogens (tertiary/aromatic N) is 5. The van der Waals surface area contributed by atoms with Crippen LogP contribution >= 0.6 is 0 Å². The first-order valence-electron chi connectivity index (χ1n) is 8.42. The zero-order valence-electron chi connectivity index (χ0n) is 14.9. The number of pyridine rings is 1. The molecule has 0 radical (unpaired) electrons. The quantitative estimate of drug-likeness (QED) is 0.709. The van der Waals surface area contributed by atoms with E-state index in [0.717, 1.165) is 22.0 Å². The summed E-state index contributed by atoms with van der Waals surface area (Å²) in [5.41, 5.74) is 1.19. The Bertz CT molecular complexity index is 892. The number of hydrogen-bond acceptors (Lipinski definition) is 5. The minimum atomic E-state index is -4.42. The van der Waals surface area contributed by atoms with Crippen molar-refractivity contribution in [2.45, 2.75) is 26.6 Å². The molecule has 3 aromatic rings. The Labute approximate surface area is 154 Å². The third-order valence-electron chi connectivity index (χ3n) is 3.90. The summed E-state index contributed by atoms with van der Waals surface area (Å²) in [4.78, 5) is 12.6. The van der Waals surface area contributed by atoms with Gasteiger partial charge in [-0.3, -0.25) is 9.67 Å². The van der Waals surface area contributed by atoms with Crippen LogP contribution in [0.5, 0.6) is 0 Å². The van der Waals surface area contributed by atoms with Crippen molar-refractivity contribution in [2.75, 3.05) is 11.9 Å². The first kappa shape index (κ1) is 18.8. The predicted molar refractivity (Wildman–Crippen MR) is 94.9 cm³/mol. The molecule has 9 heteroatoms. The number of rotatable bonds is 6. The molecule has 0 saturated carbocycles. The van der Waals surface area contributed by atoms with Crippen molar-refractivity contribution in [2.24, 2.45) is 5.92 Å². The van der Waals surface area contributed by atoms with Crippen LogP contribution in [0.1, 0.15) is 18.3 Å². The second-order valence-corrected chi connectivity index (χ2v) is 6.34. The minimum absolute atomic E-state index is 0.115. The normalized spacial score (nSPS) is 12.8. The highest BCUT2D eigenvalue weighted by molar-refractivity contribution is 5.58. The summed E-state index contributed by atoms with van der Waals surface area (Å²) in [6.45, 7) is 3.94. The molecule has 0 aliphatic carbocycles. The van der Waals surface area contributed by atoms with Gasteiger partial charge in [0.2, 0.25) is 5.95 Å². The molecule has 0 saturated heterocycles. The zero-order valence-corrected chi connectivity index (χ0v) is 14.9. The smallest absolute Gasteiger partial charge is 0.354 e. The van der Waals surface area contributed by atoms with Gasteiger partial charge in [0.15, 0.2) is 0 Å². The molecular weight excluding hydrogens is 357 g/mol. The van der Waals surface area contributed by atoms with Crippen LogP contribution in [0.4, 0.5) is 19.1 Å². The average molecular weight is 376 g/mol. The number of nitrogens with one attached hydrogen (secondary N) is 1. The third-order valence-corrected chi connectivity index (χ3v) is 3.90. The molecule has 3 rings (SSSR count). The Morgan fingerprint density at radius 1 is 1.22 bits per heavy atom. The lowest BCUT2D eigenvalue weighted by Gasteiger charge is -2.16. The Kier molecular flexibility index (Phi) is 5.38. The van der Waals surface area contributed by atoms with Gasteiger partial charge in [-0.05, 0) is 37.1 Å². The van der Waals surface area contributed by atoms with Crippen molar-refractivity contribution in [1.29, 1.82) is 0 Å². The summed E-state index contributed by atoms with van der Waals surface area (Å²) in [5.74, 6) is 0.298. The fraction of sp³-hybridized carbons (Fsp3) is 0.333. The average Bonchev–Trinajstić information content (AvgIpc) is 3.01. The number of halogens is 3. The van der Waals surface area contributed by atoms with E-state index in [4.69, 9.17) is 0 Å². The highest BCUT2D eigenvalue weighted by Crippen LogP contribution is 2.30. The van der Waals surface area contributed by atoms with Gasteiger partial charge in [-0.1, -0.05) is 6.92 Å². The molecule has 0 spiro atoms. The van der Waals surface area contributed by atoms with Crippen LogP contribution in [0.3, 0.4) is 0 Å². The van der Waals surface area contributed by atoms with Crippen molar-refractivity contribution in [3.8, 4) is 11.3 Å². The fourth-order valence-electron chi connectivity index (χ4n) is 2.66. The number of aromatic nitrogens is 5. The van der Waals surface area contributed by atoms with E-state index in [0.29, 0.717) is 18.2 Å². The molecule has 3 aromatic heterocycles. The Hall–Kier alpha value is -2.97. The Morgan fingerprint density at radius 3 is 2.74 bits per heavy atom. The summed E-state index contributed by atoms with van der Waals surface area (Å²) in [5, 5.41) is 7.03. The lowest BCUT2D eigenvalue weighted by Crippen LogP contribution is -2.22. The van der Waals surface area contributed by atoms with Crippen LogP contribution in [0.15, 0.2) is 42.9 Å². The van der Waals surface area contributed by atoms with Gasteiger partial charge in [-0.2, -0.15) is 18.3 Å². The second-order valence-electron chi connectivity index (χ2n) is 6.34. The van der Waals surface area contributed by atoms with Crippen molar-refractivity contribution in [1.82, 2.24) is 24.7 Å². The van der Waals surface area contributed by atoms with Crippen molar-refractivity contribution >= 4 is 5.95 Å². The van der Waals surface area contributed by atoms with E-state index in [1.165, 1.54) is 0 Å². The van der Waals surface area contributed by atoms with E-state index in [1.54, 1.807) is 31.6 Å². The maximum Gasteiger partial charge on any atom is 0.433 e. The number of hydrogen-bond donors (Lipinski definition) is 1. The number of alkyl halides is 3. The van der Waals surface area contributed by atoms with E-state index in [-0.39, 0.29) is 12.5 Å². The molecule has 0 aliphatic heterocycles. The van der Waals surface area contributed by atoms with Gasteiger partial charge in [-0.25, -0.2) is 9.97 Å². The van der Waals surface area contributed by atoms with Crippen LogP contribution in [-0.2, 0) is 12.7 Å². The molecule has 142 valence electrons. The molecule has 1 unspecified atom stereocenters. The van der Waals surface area contributed by atoms with Crippen LogP contribution in [0.25, 0.3) is 11.3 Å². The molecule has 0 aliphatic rings. The molecule has 0 bridgehead atoms. The first-order valence-corrected chi connectivity index (χ1v) is 8.42. The summed E-state index contributed by atoms with van der Waals surface area (Å²) in [6, 6.07) is 6.53. The SMILES string of the molecule is Cc1cc(C(F)(F)F)n(CC(C)CNc2nccc(-c3cccnc3)n2)n1. The summed E-state index contributed by atoms with van der Waals surface area (Å²) in [7, 11) is 0. The molecule has 0 aromatic carbocycles. The van der Waals surface area contributed by atoms with Crippen LogP contribution in [-0.4, -0.2) is 31.3 Å². The number of anilines is 1. The van der Waals surface area contributed by atoms with Crippen LogP contribution in [0.2, 0.25) is 0 Å². The largest absolute Gasteiger partial charge is 0.433 e. The van der Waals surface area contributed by atoms with Gasteiger partial charge in [0, 0.05) is 37.2 Å². The van der Waals surface area contributed by atoms with Crippen molar-refractivity contribution in [3.05, 3.63) is 54.2 Å². The van der Waals surface area contributed by atoms with Crippen LogP contribution < -0.4 is 5.32 Å². The minimum Gasteiger partial charge on any atom is -0.354 e. The molecular formula is C18H19F3N6. The monoisotopic (exact) mass is 376 g/mol. The molecule has 1 N–H and O–H groups in total. The van der Waals surface area contributed by atoms with Crippen molar-refractivity contribution in [3.63, 3.8) is 0 Å². The van der Waals surface area contributed by atoms with Gasteiger partial charge in [0.05, 0.1) is 11.4 Å².